The quantitative estimate of drug-likeness (QED) is 0.200. The Labute approximate surface area is 257 Å². The van der Waals surface area contributed by atoms with Crippen molar-refractivity contribution in [1.29, 1.82) is 0 Å². The third kappa shape index (κ3) is 6.85. The molecule has 0 saturated carbocycles. The molecule has 4 atom stereocenters. The van der Waals surface area contributed by atoms with Crippen LogP contribution in [0.5, 0.6) is 0 Å². The van der Waals surface area contributed by atoms with Crippen LogP contribution in [0.25, 0.3) is 11.0 Å². The van der Waals surface area contributed by atoms with E-state index in [9.17, 15) is 9.90 Å². The molecule has 4 unspecified atom stereocenters. The van der Waals surface area contributed by atoms with Gasteiger partial charge in [-0.25, -0.2) is 4.98 Å². The molecule has 5 aromatic rings. The number of aromatic nitrogens is 2. The number of benzene rings is 4. The first-order valence-electron chi connectivity index (χ1n) is 14.9. The SMILES string of the molecule is CC(c1ccccc1)N(C)CC1CC(c2ccc(CO)cc2)OC(c2ccc(NC(=O)c3cnc4ccccc4n3)cc2)O1. The predicted octanol–water partition coefficient (Wildman–Crippen LogP) is 6.61. The molecule has 1 amide bonds. The molecule has 1 aliphatic heterocycles. The Hall–Kier alpha value is -4.47. The van der Waals surface area contributed by atoms with Crippen LogP contribution in [0.2, 0.25) is 0 Å². The van der Waals surface area contributed by atoms with Gasteiger partial charge in [0.1, 0.15) is 5.69 Å². The molecule has 2 heterocycles. The van der Waals surface area contributed by atoms with Crippen LogP contribution in [-0.4, -0.2) is 45.6 Å². The molecule has 6 rings (SSSR count). The number of carbonyl (C=O) groups excluding carboxylic acids is 1. The summed E-state index contributed by atoms with van der Waals surface area (Å²) in [4.78, 5) is 24.0. The minimum atomic E-state index is -0.590. The number of aliphatic hydroxyl groups is 1. The van der Waals surface area contributed by atoms with Crippen molar-refractivity contribution in [2.45, 2.75) is 44.5 Å². The maximum Gasteiger partial charge on any atom is 0.275 e. The van der Waals surface area contributed by atoms with Gasteiger partial charge in [-0.3, -0.25) is 14.7 Å². The minimum Gasteiger partial charge on any atom is -0.392 e. The van der Waals surface area contributed by atoms with Crippen molar-refractivity contribution < 1.29 is 19.4 Å². The summed E-state index contributed by atoms with van der Waals surface area (Å²) in [5, 5.41) is 12.4. The Balaban J connectivity index is 1.18. The number of nitrogens with zero attached hydrogens (tertiary/aromatic N) is 3. The van der Waals surface area contributed by atoms with E-state index < -0.39 is 6.29 Å². The number of nitrogens with one attached hydrogen (secondary N) is 1. The molecule has 1 aliphatic rings. The fourth-order valence-electron chi connectivity index (χ4n) is 5.48. The molecule has 44 heavy (non-hydrogen) atoms. The lowest BCUT2D eigenvalue weighted by atomic mass is 9.99. The van der Waals surface area contributed by atoms with Crippen LogP contribution in [0.1, 0.15) is 64.5 Å². The normalized spacial score (nSPS) is 19.1. The van der Waals surface area contributed by atoms with Gasteiger partial charge in [-0.05, 0) is 54.9 Å². The van der Waals surface area contributed by atoms with Crippen molar-refractivity contribution in [3.8, 4) is 0 Å². The maximum absolute atomic E-state index is 12.9. The van der Waals surface area contributed by atoms with E-state index in [1.165, 1.54) is 11.8 Å². The standard InChI is InChI=1S/C36H36N4O4/c1-24(26-8-4-3-5-9-26)40(2)22-30-20-34(27-14-12-25(23-41)13-15-27)44-36(43-30)28-16-18-29(19-17-28)38-35(42)33-21-37-31-10-6-7-11-32(31)39-33/h3-19,21,24,30,34,36,41H,20,22-23H2,1-2H3,(H,38,42). The Morgan fingerprint density at radius 3 is 2.32 bits per heavy atom. The summed E-state index contributed by atoms with van der Waals surface area (Å²) in [7, 11) is 2.12. The van der Waals surface area contributed by atoms with Crippen LogP contribution in [0.15, 0.2) is 109 Å². The van der Waals surface area contributed by atoms with Crippen LogP contribution < -0.4 is 5.32 Å². The van der Waals surface area contributed by atoms with Gasteiger partial charge in [0.25, 0.3) is 5.91 Å². The highest BCUT2D eigenvalue weighted by molar-refractivity contribution is 6.03. The van der Waals surface area contributed by atoms with Gasteiger partial charge in [0.2, 0.25) is 0 Å². The largest absolute Gasteiger partial charge is 0.392 e. The zero-order valence-corrected chi connectivity index (χ0v) is 24.8. The highest BCUT2D eigenvalue weighted by Crippen LogP contribution is 2.39. The first-order valence-corrected chi connectivity index (χ1v) is 14.9. The van der Waals surface area contributed by atoms with Crippen molar-refractivity contribution in [2.24, 2.45) is 0 Å². The number of carbonyl (C=O) groups is 1. The molecule has 8 nitrogen and oxygen atoms in total. The van der Waals surface area contributed by atoms with Gasteiger partial charge < -0.3 is 19.9 Å². The van der Waals surface area contributed by atoms with Crippen LogP contribution in [0, 0.1) is 0 Å². The highest BCUT2D eigenvalue weighted by atomic mass is 16.7. The number of ether oxygens (including phenoxy) is 2. The summed E-state index contributed by atoms with van der Waals surface area (Å²) in [5.74, 6) is -0.330. The zero-order chi connectivity index (χ0) is 30.5. The number of likely N-dealkylation sites (N-methyl/N-ethyl adjacent to an activating group) is 1. The second-order valence-electron chi connectivity index (χ2n) is 11.2. The van der Waals surface area contributed by atoms with Crippen molar-refractivity contribution in [3.63, 3.8) is 0 Å². The van der Waals surface area contributed by atoms with E-state index in [-0.39, 0.29) is 36.5 Å². The third-order valence-corrected chi connectivity index (χ3v) is 8.17. The molecule has 0 radical (unpaired) electrons. The number of hydrogen-bond acceptors (Lipinski definition) is 7. The highest BCUT2D eigenvalue weighted by Gasteiger charge is 2.33. The molecule has 0 spiro atoms. The molecular formula is C36H36N4O4. The average Bonchev–Trinajstić information content (AvgIpc) is 3.08. The zero-order valence-electron chi connectivity index (χ0n) is 24.8. The van der Waals surface area contributed by atoms with Crippen LogP contribution in [-0.2, 0) is 16.1 Å². The maximum atomic E-state index is 12.9. The number of aliphatic hydroxyl groups excluding tert-OH is 1. The van der Waals surface area contributed by atoms with E-state index in [1.807, 2.05) is 78.9 Å². The fraction of sp³-hybridized carbons (Fsp3) is 0.250. The van der Waals surface area contributed by atoms with Crippen molar-refractivity contribution in [3.05, 3.63) is 137 Å². The molecule has 0 aliphatic carbocycles. The fourth-order valence-corrected chi connectivity index (χ4v) is 5.48. The van der Waals surface area contributed by atoms with E-state index in [1.54, 1.807) is 0 Å². The van der Waals surface area contributed by atoms with E-state index >= 15 is 0 Å². The molecule has 1 aromatic heterocycles. The first-order chi connectivity index (χ1) is 21.5. The summed E-state index contributed by atoms with van der Waals surface area (Å²) in [6.07, 6.45) is 1.32. The number of amides is 1. The number of anilines is 1. The summed E-state index contributed by atoms with van der Waals surface area (Å²) in [6, 6.07) is 33.5. The summed E-state index contributed by atoms with van der Waals surface area (Å²) >= 11 is 0. The second-order valence-corrected chi connectivity index (χ2v) is 11.2. The minimum absolute atomic E-state index is 0.00133. The van der Waals surface area contributed by atoms with Crippen molar-refractivity contribution >= 4 is 22.6 Å². The second kappa shape index (κ2) is 13.4. The van der Waals surface area contributed by atoms with Crippen LogP contribution in [0.4, 0.5) is 5.69 Å². The molecule has 1 fully saturated rings. The van der Waals surface area contributed by atoms with E-state index in [4.69, 9.17) is 9.47 Å². The monoisotopic (exact) mass is 588 g/mol. The van der Waals surface area contributed by atoms with Crippen LogP contribution in [0.3, 0.4) is 0 Å². The van der Waals surface area contributed by atoms with E-state index in [0.29, 0.717) is 17.6 Å². The smallest absolute Gasteiger partial charge is 0.275 e. The molecular weight excluding hydrogens is 552 g/mol. The number of fused-ring (bicyclic) bond motifs is 1. The number of hydrogen-bond donors (Lipinski definition) is 2. The summed E-state index contributed by atoms with van der Waals surface area (Å²) in [5.41, 5.74) is 6.30. The van der Waals surface area contributed by atoms with Gasteiger partial charge in [-0.2, -0.15) is 0 Å². The number of rotatable bonds is 9. The predicted molar refractivity (Wildman–Crippen MR) is 170 cm³/mol. The van der Waals surface area contributed by atoms with Gasteiger partial charge in [-0.15, -0.1) is 0 Å². The summed E-state index contributed by atoms with van der Waals surface area (Å²) in [6.45, 7) is 2.93. The van der Waals surface area contributed by atoms with Gasteiger partial charge in [-0.1, -0.05) is 78.9 Å². The lowest BCUT2D eigenvalue weighted by molar-refractivity contribution is -0.253. The van der Waals surface area contributed by atoms with Crippen molar-refractivity contribution in [1.82, 2.24) is 14.9 Å². The third-order valence-electron chi connectivity index (χ3n) is 8.17. The Morgan fingerprint density at radius 1 is 0.909 bits per heavy atom. The average molecular weight is 589 g/mol. The van der Waals surface area contributed by atoms with Gasteiger partial charge >= 0.3 is 0 Å². The van der Waals surface area contributed by atoms with Crippen molar-refractivity contribution in [2.75, 3.05) is 18.9 Å². The summed E-state index contributed by atoms with van der Waals surface area (Å²) < 4.78 is 13.1. The molecule has 1 saturated heterocycles. The molecule has 4 aromatic carbocycles. The molecule has 224 valence electrons. The Kier molecular flexibility index (Phi) is 9.04. The van der Waals surface area contributed by atoms with Gasteiger partial charge in [0.05, 0.1) is 36.0 Å². The van der Waals surface area contributed by atoms with Crippen LogP contribution >= 0.6 is 0 Å². The van der Waals surface area contributed by atoms with E-state index in [0.717, 1.165) is 28.8 Å². The topological polar surface area (TPSA) is 96.8 Å². The molecule has 0 bridgehead atoms. The lowest BCUT2D eigenvalue weighted by Gasteiger charge is -2.39. The van der Waals surface area contributed by atoms with E-state index in [2.05, 4.69) is 58.4 Å². The lowest BCUT2D eigenvalue weighted by Crippen LogP contribution is -2.38. The molecule has 8 heteroatoms. The van der Waals surface area contributed by atoms with Gasteiger partial charge in [0.15, 0.2) is 6.29 Å². The molecule has 2 N–H and O–H groups in total. The van der Waals surface area contributed by atoms with Gasteiger partial charge in [0, 0.05) is 30.3 Å². The Morgan fingerprint density at radius 2 is 1.59 bits per heavy atom. The Bertz CT molecular complexity index is 1700. The first kappa shape index (κ1) is 29.6. The number of para-hydroxylation sites is 2.